The molecule has 0 aliphatic carbocycles. The van der Waals surface area contributed by atoms with Crippen LogP contribution in [-0.4, -0.2) is 17.5 Å². The standard InChI is InChI=1S/C6H14O.Al.3HI/c1-3-5-7-6-4-2;;;;/h3-6H2,1-2H3;;3*1H/q;+3;;;/p-3. The van der Waals surface area contributed by atoms with Crippen LogP contribution in [0.25, 0.3) is 0 Å². The first-order valence-corrected chi connectivity index (χ1v) is 16.2. The molecule has 0 saturated carbocycles. The third-order valence-corrected chi connectivity index (χ3v) is 0.697. The monoisotopic (exact) mass is 510 g/mol. The molecule has 0 atom stereocenters. The van der Waals surface area contributed by atoms with Gasteiger partial charge in [0.15, 0.2) is 0 Å². The normalized spacial score (nSPS) is 8.45. The molecule has 0 fully saturated rings. The lowest BCUT2D eigenvalue weighted by Gasteiger charge is -1.95. The topological polar surface area (TPSA) is 9.23 Å². The molecule has 0 rings (SSSR count). The third kappa shape index (κ3) is 32.4. The van der Waals surface area contributed by atoms with Gasteiger partial charge in [-0.15, -0.1) is 0 Å². The van der Waals surface area contributed by atoms with Crippen molar-refractivity contribution in [2.75, 3.05) is 13.2 Å². The van der Waals surface area contributed by atoms with E-state index in [1.54, 1.807) is 0 Å². The Morgan fingerprint density at radius 2 is 1.27 bits per heavy atom. The lowest BCUT2D eigenvalue weighted by atomic mass is 10.5. The highest BCUT2D eigenvalue weighted by Gasteiger charge is 1.94. The largest absolute Gasteiger partial charge is 0.524 e. The van der Waals surface area contributed by atoms with Gasteiger partial charge in [-0.2, -0.15) is 60.8 Å². The Kier molecular flexibility index (Phi) is 22.2. The number of hydrogen-bond donors (Lipinski definition) is 0. The summed E-state index contributed by atoms with van der Waals surface area (Å²) in [6, 6.07) is 0. The summed E-state index contributed by atoms with van der Waals surface area (Å²) in [6.45, 7) is 6.09. The number of ether oxygens (including phenoxy) is 1. The van der Waals surface area contributed by atoms with E-state index in [0.717, 1.165) is 26.1 Å². The van der Waals surface area contributed by atoms with Crippen molar-refractivity contribution < 1.29 is 4.74 Å². The molecule has 0 radical (unpaired) electrons. The Morgan fingerprint density at radius 3 is 1.45 bits per heavy atom. The van der Waals surface area contributed by atoms with Crippen LogP contribution in [-0.2, 0) is 4.74 Å². The first kappa shape index (κ1) is 16.1. The molecule has 0 aromatic rings. The Balaban J connectivity index is 0. The van der Waals surface area contributed by atoms with Crippen molar-refractivity contribution in [2.24, 2.45) is 0 Å². The molecule has 11 heavy (non-hydrogen) atoms. The predicted octanol–water partition coefficient (Wildman–Crippen LogP) is 4.10. The van der Waals surface area contributed by atoms with E-state index in [4.69, 9.17) is 4.74 Å². The van der Waals surface area contributed by atoms with Crippen LogP contribution in [0.15, 0.2) is 0 Å². The average Bonchev–Trinajstić information content (AvgIpc) is 1.88. The van der Waals surface area contributed by atoms with E-state index in [9.17, 15) is 0 Å². The Bertz CT molecular complexity index is 57.0. The Labute approximate surface area is 108 Å². The zero-order valence-corrected chi connectivity index (χ0v) is 14.6. The SMILES string of the molecule is CCCOCCC.[I][Al]([I])[I]. The van der Waals surface area contributed by atoms with Crippen molar-refractivity contribution in [3.8, 4) is 0 Å². The maximum absolute atomic E-state index is 5.13. The van der Waals surface area contributed by atoms with Crippen LogP contribution in [0.1, 0.15) is 26.7 Å². The lowest BCUT2D eigenvalue weighted by molar-refractivity contribution is 0.135. The highest BCUT2D eigenvalue weighted by molar-refractivity contribution is 14.4. The second kappa shape index (κ2) is 15.2. The predicted molar refractivity (Wildman–Crippen MR) is 79.2 cm³/mol. The molecule has 0 heterocycles. The Morgan fingerprint density at radius 1 is 1.00 bits per heavy atom. The van der Waals surface area contributed by atoms with E-state index < -0.39 is 0 Å². The first-order chi connectivity index (χ1) is 5.15. The van der Waals surface area contributed by atoms with Crippen LogP contribution in [0.5, 0.6) is 0 Å². The van der Waals surface area contributed by atoms with Crippen molar-refractivity contribution >= 4 is 65.1 Å². The van der Waals surface area contributed by atoms with Gasteiger partial charge in [0.05, 0.1) is 0 Å². The van der Waals surface area contributed by atoms with Gasteiger partial charge in [0.25, 0.3) is 0 Å². The van der Waals surface area contributed by atoms with Gasteiger partial charge in [-0.3, -0.25) is 0 Å². The molecule has 68 valence electrons. The molecule has 5 heteroatoms. The van der Waals surface area contributed by atoms with Gasteiger partial charge in [-0.05, 0) is 12.8 Å². The van der Waals surface area contributed by atoms with Crippen molar-refractivity contribution in [1.82, 2.24) is 0 Å². The molecule has 0 aromatic carbocycles. The van der Waals surface area contributed by atoms with E-state index in [2.05, 4.69) is 74.7 Å². The van der Waals surface area contributed by atoms with Crippen LogP contribution < -0.4 is 0 Å². The number of hydrogen-bond acceptors (Lipinski definition) is 1. The number of halogens is 3. The summed E-state index contributed by atoms with van der Waals surface area (Å²) in [7, 11) is 0. The molecule has 0 aliphatic rings. The molecule has 0 aromatic heterocycles. The van der Waals surface area contributed by atoms with Crippen LogP contribution >= 0.6 is 60.8 Å². The van der Waals surface area contributed by atoms with Crippen LogP contribution in [0, 0.1) is 0 Å². The molecule has 0 N–H and O–H groups in total. The smallest absolute Gasteiger partial charge is 0.381 e. The molecule has 0 unspecified atom stereocenters. The minimum Gasteiger partial charge on any atom is -0.381 e. The summed E-state index contributed by atoms with van der Waals surface area (Å²) >= 11 is 7.37. The third-order valence-electron chi connectivity index (χ3n) is 0.697. The van der Waals surface area contributed by atoms with Crippen molar-refractivity contribution in [3.05, 3.63) is 0 Å². The fourth-order valence-corrected chi connectivity index (χ4v) is 0.391. The average molecular weight is 510 g/mol. The summed E-state index contributed by atoms with van der Waals surface area (Å²) in [6.07, 6.45) is 2.28. The maximum atomic E-state index is 5.13. The van der Waals surface area contributed by atoms with Gasteiger partial charge in [0, 0.05) is 13.2 Å². The van der Waals surface area contributed by atoms with Gasteiger partial charge in [-0.25, -0.2) is 0 Å². The first-order valence-electron chi connectivity index (χ1n) is 3.65. The maximum Gasteiger partial charge on any atom is 0.524 e. The minimum absolute atomic E-state index is 0.229. The zero-order chi connectivity index (χ0) is 9.11. The van der Waals surface area contributed by atoms with Crippen LogP contribution in [0.2, 0.25) is 0 Å². The van der Waals surface area contributed by atoms with Gasteiger partial charge in [-0.1, -0.05) is 13.8 Å². The fraction of sp³-hybridized carbons (Fsp3) is 1.00. The quantitative estimate of drug-likeness (QED) is 0.315. The molecule has 0 bridgehead atoms. The van der Waals surface area contributed by atoms with Crippen LogP contribution in [0.3, 0.4) is 0 Å². The Hall–Kier alpha value is 2.68. The van der Waals surface area contributed by atoms with Gasteiger partial charge in [0.2, 0.25) is 0 Å². The highest BCUT2D eigenvalue weighted by Crippen LogP contribution is 2.10. The molecule has 0 spiro atoms. The van der Waals surface area contributed by atoms with E-state index in [0.29, 0.717) is 0 Å². The van der Waals surface area contributed by atoms with Crippen molar-refractivity contribution in [2.45, 2.75) is 26.7 Å². The lowest BCUT2D eigenvalue weighted by Crippen LogP contribution is -1.92. The molecular weight excluding hydrogens is 496 g/mol. The van der Waals surface area contributed by atoms with Crippen molar-refractivity contribution in [3.63, 3.8) is 0 Å². The zero-order valence-electron chi connectivity index (χ0n) is 6.95. The van der Waals surface area contributed by atoms with E-state index in [1.165, 1.54) is 0 Å². The van der Waals surface area contributed by atoms with Gasteiger partial charge >= 0.3 is 4.30 Å². The fourth-order valence-electron chi connectivity index (χ4n) is 0.391. The minimum atomic E-state index is -0.229. The summed E-state index contributed by atoms with van der Waals surface area (Å²) in [5.41, 5.74) is 0. The second-order valence-corrected chi connectivity index (χ2v) is 35.0. The number of rotatable bonds is 4. The van der Waals surface area contributed by atoms with E-state index in [1.807, 2.05) is 0 Å². The van der Waals surface area contributed by atoms with E-state index >= 15 is 0 Å². The second-order valence-electron chi connectivity index (χ2n) is 1.86. The summed E-state index contributed by atoms with van der Waals surface area (Å²) in [5, 5.41) is 0. The molecule has 0 saturated heterocycles. The molecular formula is C6H14AlI3O. The summed E-state index contributed by atoms with van der Waals surface area (Å²) < 4.78 is 4.90. The summed E-state index contributed by atoms with van der Waals surface area (Å²) in [4.78, 5) is 0. The van der Waals surface area contributed by atoms with Crippen molar-refractivity contribution in [1.29, 1.82) is 0 Å². The summed E-state index contributed by atoms with van der Waals surface area (Å²) in [5.74, 6) is 0. The molecule has 0 amide bonds. The van der Waals surface area contributed by atoms with Gasteiger partial charge in [0.1, 0.15) is 0 Å². The molecule has 1 nitrogen and oxygen atoms in total. The molecule has 0 aliphatic heterocycles. The highest BCUT2D eigenvalue weighted by atomic mass is 127. The van der Waals surface area contributed by atoms with Crippen LogP contribution in [0.4, 0.5) is 0 Å². The van der Waals surface area contributed by atoms with Gasteiger partial charge < -0.3 is 4.74 Å². The van der Waals surface area contributed by atoms with E-state index in [-0.39, 0.29) is 4.30 Å².